The second-order valence-corrected chi connectivity index (χ2v) is 10.6. The predicted molar refractivity (Wildman–Crippen MR) is 146 cm³/mol. The fraction of sp³-hybridized carbons (Fsp3) is 0.206. The third-order valence-electron chi connectivity index (χ3n) is 8.26. The molecule has 0 amide bonds. The Labute approximate surface area is 222 Å². The molecule has 0 spiro atoms. The molecule has 2 aliphatic carbocycles. The van der Waals surface area contributed by atoms with Crippen LogP contribution in [0.25, 0.3) is 0 Å². The molecule has 188 valence electrons. The number of carbonyl (C=O) groups excluding carboxylic acids is 3. The van der Waals surface area contributed by atoms with Crippen molar-refractivity contribution in [2.75, 3.05) is 0 Å². The number of aliphatic hydroxyl groups is 1. The fourth-order valence-corrected chi connectivity index (χ4v) is 6.51. The van der Waals surface area contributed by atoms with E-state index in [1.807, 2.05) is 68.4 Å². The van der Waals surface area contributed by atoms with E-state index in [-0.39, 0.29) is 23.8 Å². The minimum Gasteiger partial charge on any atom is -0.376 e. The molecule has 4 heteroatoms. The number of benzene rings is 4. The van der Waals surface area contributed by atoms with Crippen molar-refractivity contribution < 1.29 is 19.5 Å². The first-order valence-electron chi connectivity index (χ1n) is 13.0. The van der Waals surface area contributed by atoms with Gasteiger partial charge < -0.3 is 5.11 Å². The topological polar surface area (TPSA) is 71.4 Å². The SMILES string of the molecule is Cc1ccc2c(c1)C(=O)[C@@]1(O)c3cc(C)ccc3[C@@H](CC(=O)c3ccccc3)[C@H](C(=O)c3ccccc3)[C@@H]21. The van der Waals surface area contributed by atoms with Crippen LogP contribution in [0.1, 0.15) is 77.1 Å². The number of hydrogen-bond donors (Lipinski definition) is 1. The van der Waals surface area contributed by atoms with Gasteiger partial charge in [0, 0.05) is 40.9 Å². The van der Waals surface area contributed by atoms with Gasteiger partial charge in [0.2, 0.25) is 0 Å². The summed E-state index contributed by atoms with van der Waals surface area (Å²) >= 11 is 0. The van der Waals surface area contributed by atoms with E-state index < -0.39 is 23.4 Å². The molecule has 38 heavy (non-hydrogen) atoms. The molecule has 6 rings (SSSR count). The van der Waals surface area contributed by atoms with Crippen LogP contribution in [0.3, 0.4) is 0 Å². The van der Waals surface area contributed by atoms with Crippen LogP contribution in [0.5, 0.6) is 0 Å². The third-order valence-corrected chi connectivity index (χ3v) is 8.26. The molecule has 4 aromatic carbocycles. The van der Waals surface area contributed by atoms with Crippen molar-refractivity contribution in [1.29, 1.82) is 0 Å². The van der Waals surface area contributed by atoms with Crippen LogP contribution in [-0.4, -0.2) is 22.5 Å². The largest absolute Gasteiger partial charge is 0.376 e. The normalized spacial score (nSPS) is 23.3. The summed E-state index contributed by atoms with van der Waals surface area (Å²) in [5, 5.41) is 12.4. The Morgan fingerprint density at radius 1 is 0.763 bits per heavy atom. The lowest BCUT2D eigenvalue weighted by Crippen LogP contribution is -2.48. The van der Waals surface area contributed by atoms with Gasteiger partial charge in [0.25, 0.3) is 0 Å². The zero-order valence-corrected chi connectivity index (χ0v) is 21.3. The lowest BCUT2D eigenvalue weighted by molar-refractivity contribution is -0.00163. The lowest BCUT2D eigenvalue weighted by Gasteiger charge is -2.45. The smallest absolute Gasteiger partial charge is 0.199 e. The van der Waals surface area contributed by atoms with Crippen LogP contribution in [0.4, 0.5) is 0 Å². The number of aryl methyl sites for hydroxylation is 2. The highest BCUT2D eigenvalue weighted by Gasteiger charge is 2.62. The molecule has 0 fully saturated rings. The number of ketones is 3. The standard InChI is InChI=1S/C34H28O4/c1-20-14-16-25-27(17-20)33(37)34(38)28-18-21(2)13-15-24(28)26(19-29(35)22-9-5-3-6-10-22)30(31(25)34)32(36)23-11-7-4-8-12-23/h3-18,26,30-31,38H,19H2,1-2H3/t26-,30+,31-,34-/m1/s1. The second kappa shape index (κ2) is 9.00. The average molecular weight is 501 g/mol. The maximum atomic E-state index is 14.3. The molecular formula is C34H28O4. The molecule has 0 saturated carbocycles. The highest BCUT2D eigenvalue weighted by Crippen LogP contribution is 2.60. The number of rotatable bonds is 5. The van der Waals surface area contributed by atoms with Gasteiger partial charge in [-0.15, -0.1) is 0 Å². The Bertz CT molecular complexity index is 1590. The van der Waals surface area contributed by atoms with E-state index >= 15 is 0 Å². The molecule has 4 nitrogen and oxygen atoms in total. The van der Waals surface area contributed by atoms with Crippen molar-refractivity contribution in [3.63, 3.8) is 0 Å². The van der Waals surface area contributed by atoms with Crippen molar-refractivity contribution in [3.8, 4) is 0 Å². The van der Waals surface area contributed by atoms with Crippen molar-refractivity contribution in [3.05, 3.63) is 142 Å². The van der Waals surface area contributed by atoms with Gasteiger partial charge in [-0.25, -0.2) is 0 Å². The zero-order valence-electron chi connectivity index (χ0n) is 21.3. The Balaban J connectivity index is 1.61. The highest BCUT2D eigenvalue weighted by atomic mass is 16.3. The molecular weight excluding hydrogens is 472 g/mol. The molecule has 0 radical (unpaired) electrons. The number of carbonyl (C=O) groups is 3. The van der Waals surface area contributed by atoms with Gasteiger partial charge in [-0.05, 0) is 36.6 Å². The zero-order chi connectivity index (χ0) is 26.6. The maximum absolute atomic E-state index is 14.3. The summed E-state index contributed by atoms with van der Waals surface area (Å²) in [6.45, 7) is 3.83. The van der Waals surface area contributed by atoms with Gasteiger partial charge in [0.1, 0.15) is 0 Å². The van der Waals surface area contributed by atoms with Crippen molar-refractivity contribution in [1.82, 2.24) is 0 Å². The van der Waals surface area contributed by atoms with E-state index in [0.29, 0.717) is 33.4 Å². The van der Waals surface area contributed by atoms with Crippen LogP contribution in [0.2, 0.25) is 0 Å². The molecule has 0 saturated heterocycles. The van der Waals surface area contributed by atoms with Gasteiger partial charge in [0.05, 0.1) is 0 Å². The highest BCUT2D eigenvalue weighted by molar-refractivity contribution is 6.11. The van der Waals surface area contributed by atoms with Crippen LogP contribution < -0.4 is 0 Å². The number of hydrogen-bond acceptors (Lipinski definition) is 4. The summed E-state index contributed by atoms with van der Waals surface area (Å²) in [7, 11) is 0. The fourth-order valence-electron chi connectivity index (χ4n) is 6.51. The Hall–Kier alpha value is -4.15. The predicted octanol–water partition coefficient (Wildman–Crippen LogP) is 6.34. The van der Waals surface area contributed by atoms with Crippen LogP contribution in [-0.2, 0) is 5.60 Å². The quantitative estimate of drug-likeness (QED) is 0.325. The lowest BCUT2D eigenvalue weighted by atomic mass is 9.58. The minimum atomic E-state index is -1.89. The van der Waals surface area contributed by atoms with Gasteiger partial charge >= 0.3 is 0 Å². The molecule has 0 aliphatic heterocycles. The van der Waals surface area contributed by atoms with Gasteiger partial charge in [0.15, 0.2) is 23.0 Å². The van der Waals surface area contributed by atoms with Gasteiger partial charge in [-0.2, -0.15) is 0 Å². The maximum Gasteiger partial charge on any atom is 0.199 e. The molecule has 0 heterocycles. The molecule has 4 aromatic rings. The van der Waals surface area contributed by atoms with E-state index in [9.17, 15) is 19.5 Å². The number of Topliss-reactive ketones (excluding diaryl/α,β-unsaturated/α-hetero) is 3. The minimum absolute atomic E-state index is 0.0770. The van der Waals surface area contributed by atoms with Crippen molar-refractivity contribution in [2.45, 2.75) is 37.7 Å². The average Bonchev–Trinajstić information content (AvgIpc) is 3.16. The van der Waals surface area contributed by atoms with E-state index in [1.165, 1.54) is 0 Å². The van der Waals surface area contributed by atoms with E-state index in [4.69, 9.17) is 0 Å². The number of fused-ring (bicyclic) bond motifs is 5. The Kier molecular flexibility index (Phi) is 5.73. The Morgan fingerprint density at radius 2 is 1.34 bits per heavy atom. The summed E-state index contributed by atoms with van der Waals surface area (Å²) in [6, 6.07) is 29.3. The van der Waals surface area contributed by atoms with E-state index in [1.54, 1.807) is 42.5 Å². The van der Waals surface area contributed by atoms with E-state index in [2.05, 4.69) is 0 Å². The molecule has 4 atom stereocenters. The summed E-state index contributed by atoms with van der Waals surface area (Å²) in [4.78, 5) is 41.9. The van der Waals surface area contributed by atoms with Crippen molar-refractivity contribution >= 4 is 17.3 Å². The first-order valence-corrected chi connectivity index (χ1v) is 13.0. The van der Waals surface area contributed by atoms with Gasteiger partial charge in [-0.3, -0.25) is 14.4 Å². The monoisotopic (exact) mass is 500 g/mol. The summed E-state index contributed by atoms with van der Waals surface area (Å²) < 4.78 is 0. The molecule has 0 aromatic heterocycles. The van der Waals surface area contributed by atoms with Crippen LogP contribution in [0, 0.1) is 19.8 Å². The molecule has 0 bridgehead atoms. The molecule has 0 unspecified atom stereocenters. The summed E-state index contributed by atoms with van der Waals surface area (Å²) in [6.07, 6.45) is 0.0886. The Morgan fingerprint density at radius 3 is 2.00 bits per heavy atom. The second-order valence-electron chi connectivity index (χ2n) is 10.6. The van der Waals surface area contributed by atoms with Crippen LogP contribution in [0.15, 0.2) is 97.1 Å². The summed E-state index contributed by atoms with van der Waals surface area (Å²) in [5.74, 6) is -2.76. The van der Waals surface area contributed by atoms with Crippen LogP contribution >= 0.6 is 0 Å². The van der Waals surface area contributed by atoms with Gasteiger partial charge in [-0.1, -0.05) is 102 Å². The van der Waals surface area contributed by atoms with E-state index in [0.717, 1.165) is 11.1 Å². The molecule has 1 N–H and O–H groups in total. The summed E-state index contributed by atoms with van der Waals surface area (Å²) in [5.41, 5.74) is 3.30. The molecule has 2 aliphatic rings. The first-order chi connectivity index (χ1) is 18.3. The third kappa shape index (κ3) is 3.59. The van der Waals surface area contributed by atoms with Crippen molar-refractivity contribution in [2.24, 2.45) is 5.92 Å². The first kappa shape index (κ1) is 24.2.